The van der Waals surface area contributed by atoms with Crippen LogP contribution in [-0.4, -0.2) is 21.0 Å². The smallest absolute Gasteiger partial charge is 0.339 e. The fourth-order valence-corrected chi connectivity index (χ4v) is 2.47. The van der Waals surface area contributed by atoms with Crippen LogP contribution in [0.15, 0.2) is 16.7 Å². The van der Waals surface area contributed by atoms with Gasteiger partial charge in [0.05, 0.1) is 5.69 Å². The largest absolute Gasteiger partial charge is 0.478 e. The molecule has 2 rings (SSSR count). The predicted molar refractivity (Wildman–Crippen MR) is 73.8 cm³/mol. The molecule has 2 N–H and O–H groups in total. The summed E-state index contributed by atoms with van der Waals surface area (Å²) in [6.45, 7) is 3.87. The molecule has 0 saturated heterocycles. The van der Waals surface area contributed by atoms with Crippen LogP contribution in [-0.2, 0) is 0 Å². The first-order valence-electron chi connectivity index (χ1n) is 5.07. The maximum absolute atomic E-state index is 11.1. The fourth-order valence-electron chi connectivity index (χ4n) is 1.33. The van der Waals surface area contributed by atoms with E-state index in [1.54, 1.807) is 6.20 Å². The van der Waals surface area contributed by atoms with Crippen LogP contribution >= 0.6 is 27.3 Å². The lowest BCUT2D eigenvalue weighted by Crippen LogP contribution is -2.04. The number of aromatic carboxylic acids is 1. The van der Waals surface area contributed by atoms with Crippen LogP contribution in [0.5, 0.6) is 0 Å². The van der Waals surface area contributed by atoms with Crippen molar-refractivity contribution in [1.82, 2.24) is 9.97 Å². The van der Waals surface area contributed by atoms with Gasteiger partial charge in [0.15, 0.2) is 5.13 Å². The van der Waals surface area contributed by atoms with Gasteiger partial charge in [0, 0.05) is 15.5 Å². The van der Waals surface area contributed by atoms with Gasteiger partial charge in [0.1, 0.15) is 11.4 Å². The van der Waals surface area contributed by atoms with Gasteiger partial charge in [-0.2, -0.15) is 0 Å². The van der Waals surface area contributed by atoms with E-state index in [0.29, 0.717) is 15.4 Å². The molecule has 2 aromatic heterocycles. The Morgan fingerprint density at radius 2 is 2.22 bits per heavy atom. The molecule has 0 unspecified atom stereocenters. The van der Waals surface area contributed by atoms with Gasteiger partial charge in [-0.1, -0.05) is 0 Å². The minimum absolute atomic E-state index is 0.106. The minimum atomic E-state index is -1.03. The molecule has 0 saturated carbocycles. The van der Waals surface area contributed by atoms with Gasteiger partial charge in [-0.3, -0.25) is 0 Å². The molecule has 0 amide bonds. The number of thiazole rings is 1. The number of rotatable bonds is 3. The second kappa shape index (κ2) is 5.03. The highest BCUT2D eigenvalue weighted by Gasteiger charge is 2.14. The van der Waals surface area contributed by atoms with Crippen LogP contribution in [0.3, 0.4) is 0 Å². The summed E-state index contributed by atoms with van der Waals surface area (Å²) in [6.07, 6.45) is 1.54. The van der Waals surface area contributed by atoms with Crippen LogP contribution in [0.1, 0.15) is 20.9 Å². The molecule has 0 aliphatic carbocycles. The van der Waals surface area contributed by atoms with Gasteiger partial charge in [0.25, 0.3) is 0 Å². The lowest BCUT2D eigenvalue weighted by atomic mass is 10.2. The number of nitrogens with one attached hydrogen (secondary N) is 1. The first-order chi connectivity index (χ1) is 8.47. The second-order valence-electron chi connectivity index (χ2n) is 3.64. The molecule has 0 fully saturated rings. The number of carboxylic acids is 1. The Kier molecular flexibility index (Phi) is 3.63. The molecule has 0 spiro atoms. The topological polar surface area (TPSA) is 75.1 Å². The van der Waals surface area contributed by atoms with Crippen molar-refractivity contribution in [1.29, 1.82) is 0 Å². The van der Waals surface area contributed by atoms with Crippen molar-refractivity contribution in [3.63, 3.8) is 0 Å². The highest BCUT2D eigenvalue weighted by atomic mass is 79.9. The van der Waals surface area contributed by atoms with Crippen LogP contribution < -0.4 is 5.32 Å². The number of aryl methyl sites for hydroxylation is 2. The maximum Gasteiger partial charge on any atom is 0.339 e. The van der Waals surface area contributed by atoms with Crippen molar-refractivity contribution in [2.45, 2.75) is 13.8 Å². The van der Waals surface area contributed by atoms with E-state index in [4.69, 9.17) is 5.11 Å². The Balaban J connectivity index is 2.36. The molecular formula is C11H10BrN3O2S. The summed E-state index contributed by atoms with van der Waals surface area (Å²) in [5.74, 6) is -0.740. The number of halogens is 1. The van der Waals surface area contributed by atoms with Gasteiger partial charge in [0.2, 0.25) is 0 Å². The molecule has 2 aromatic rings. The molecule has 94 valence electrons. The van der Waals surface area contributed by atoms with E-state index in [0.717, 1.165) is 10.6 Å². The van der Waals surface area contributed by atoms with E-state index in [2.05, 4.69) is 31.2 Å². The second-order valence-corrected chi connectivity index (χ2v) is 5.76. The summed E-state index contributed by atoms with van der Waals surface area (Å²) >= 11 is 4.67. The molecule has 7 heteroatoms. The van der Waals surface area contributed by atoms with E-state index in [1.165, 1.54) is 17.4 Å². The first kappa shape index (κ1) is 13.0. The molecule has 5 nitrogen and oxygen atoms in total. The van der Waals surface area contributed by atoms with Crippen molar-refractivity contribution in [3.8, 4) is 0 Å². The predicted octanol–water partition coefficient (Wildman–Crippen LogP) is 3.36. The third-order valence-corrected chi connectivity index (χ3v) is 3.76. The van der Waals surface area contributed by atoms with Gasteiger partial charge in [-0.25, -0.2) is 14.8 Å². The van der Waals surface area contributed by atoms with Gasteiger partial charge in [-0.05, 0) is 35.8 Å². The van der Waals surface area contributed by atoms with Crippen molar-refractivity contribution in [2.75, 3.05) is 5.32 Å². The third kappa shape index (κ3) is 2.68. The van der Waals surface area contributed by atoms with Crippen molar-refractivity contribution < 1.29 is 9.90 Å². The Hall–Kier alpha value is -1.47. The number of carboxylic acid groups (broad SMARTS) is 1. The molecule has 0 aliphatic heterocycles. The maximum atomic E-state index is 11.1. The highest BCUT2D eigenvalue weighted by Crippen LogP contribution is 2.26. The normalized spacial score (nSPS) is 10.4. The summed E-state index contributed by atoms with van der Waals surface area (Å²) in [5.41, 5.74) is 1.03. The van der Waals surface area contributed by atoms with Gasteiger partial charge in [-0.15, -0.1) is 11.3 Å². The number of nitrogens with zero attached hydrogens (tertiary/aromatic N) is 2. The Morgan fingerprint density at radius 3 is 2.78 bits per heavy atom. The standard InChI is InChI=1S/C11H10BrN3O2S/c1-5-6(2)18-11(14-5)15-9-8(10(16)17)3-7(12)4-13-9/h3-4H,1-2H3,(H,16,17)(H,13,14,15). The van der Waals surface area contributed by atoms with E-state index < -0.39 is 5.97 Å². The number of hydrogen-bond acceptors (Lipinski definition) is 5. The van der Waals surface area contributed by atoms with Crippen LogP contribution in [0.2, 0.25) is 0 Å². The SMILES string of the molecule is Cc1nc(Nc2ncc(Br)cc2C(=O)O)sc1C. The molecule has 0 radical (unpaired) electrons. The number of pyridine rings is 1. The van der Waals surface area contributed by atoms with E-state index >= 15 is 0 Å². The number of anilines is 2. The number of carbonyl (C=O) groups is 1. The summed E-state index contributed by atoms with van der Waals surface area (Å²) in [7, 11) is 0. The molecular weight excluding hydrogens is 318 g/mol. The number of hydrogen-bond donors (Lipinski definition) is 2. The molecule has 0 atom stereocenters. The summed E-state index contributed by atoms with van der Waals surface area (Å²) < 4.78 is 0.622. The fraction of sp³-hybridized carbons (Fsp3) is 0.182. The molecule has 18 heavy (non-hydrogen) atoms. The zero-order valence-corrected chi connectivity index (χ0v) is 12.1. The third-order valence-electron chi connectivity index (χ3n) is 2.34. The van der Waals surface area contributed by atoms with E-state index in [1.807, 2.05) is 13.8 Å². The summed E-state index contributed by atoms with van der Waals surface area (Å²) in [5, 5.41) is 12.7. The minimum Gasteiger partial charge on any atom is -0.478 e. The highest BCUT2D eigenvalue weighted by molar-refractivity contribution is 9.10. The van der Waals surface area contributed by atoms with Crippen molar-refractivity contribution in [2.24, 2.45) is 0 Å². The molecule has 0 aliphatic rings. The Labute approximate surface area is 116 Å². The monoisotopic (exact) mass is 327 g/mol. The molecule has 0 bridgehead atoms. The lowest BCUT2D eigenvalue weighted by Gasteiger charge is -2.05. The molecule has 2 heterocycles. The number of aromatic nitrogens is 2. The Bertz CT molecular complexity index is 593. The van der Waals surface area contributed by atoms with E-state index in [9.17, 15) is 4.79 Å². The first-order valence-corrected chi connectivity index (χ1v) is 6.68. The molecule has 0 aromatic carbocycles. The zero-order chi connectivity index (χ0) is 13.3. The van der Waals surface area contributed by atoms with Gasteiger partial charge >= 0.3 is 5.97 Å². The van der Waals surface area contributed by atoms with Crippen molar-refractivity contribution >= 4 is 44.2 Å². The van der Waals surface area contributed by atoms with Crippen LogP contribution in [0.4, 0.5) is 10.9 Å². The quantitative estimate of drug-likeness (QED) is 0.904. The summed E-state index contributed by atoms with van der Waals surface area (Å²) in [6, 6.07) is 1.50. The Morgan fingerprint density at radius 1 is 1.50 bits per heavy atom. The van der Waals surface area contributed by atoms with Crippen LogP contribution in [0, 0.1) is 13.8 Å². The summed E-state index contributed by atoms with van der Waals surface area (Å²) in [4.78, 5) is 20.6. The van der Waals surface area contributed by atoms with Crippen LogP contribution in [0.25, 0.3) is 0 Å². The average molecular weight is 328 g/mol. The lowest BCUT2D eigenvalue weighted by molar-refractivity contribution is 0.0697. The van der Waals surface area contributed by atoms with E-state index in [-0.39, 0.29) is 5.56 Å². The average Bonchev–Trinajstić information content (AvgIpc) is 2.60. The zero-order valence-electron chi connectivity index (χ0n) is 9.69. The van der Waals surface area contributed by atoms with Gasteiger partial charge < -0.3 is 10.4 Å². The van der Waals surface area contributed by atoms with Crippen molar-refractivity contribution in [3.05, 3.63) is 32.9 Å².